The fourth-order valence-electron chi connectivity index (χ4n) is 1.99. The first-order valence-electron chi connectivity index (χ1n) is 7.77. The maximum absolute atomic E-state index is 12.1. The van der Waals surface area contributed by atoms with Crippen molar-refractivity contribution < 1.29 is 4.79 Å². The molecule has 0 aliphatic rings. The number of nitrogens with one attached hydrogen (secondary N) is 2. The van der Waals surface area contributed by atoms with E-state index in [9.17, 15) is 4.79 Å². The fourth-order valence-corrected chi connectivity index (χ4v) is 1.99. The topological polar surface area (TPSA) is 90.7 Å². The number of nitrogens with zero attached hydrogens (tertiary/aromatic N) is 3. The Morgan fingerprint density at radius 1 is 1.25 bits per heavy atom. The number of carbonyl (C=O) groups excluding carboxylic acids is 1. The van der Waals surface area contributed by atoms with E-state index in [4.69, 9.17) is 5.26 Å². The van der Waals surface area contributed by atoms with Crippen LogP contribution in [0.2, 0.25) is 0 Å². The lowest BCUT2D eigenvalue weighted by Crippen LogP contribution is -2.14. The molecule has 2 N–H and O–H groups in total. The summed E-state index contributed by atoms with van der Waals surface area (Å²) in [6.45, 7) is 2.15. The SMILES string of the molecule is CCCCc1ccc(NC(=O)/C(C#N)=C\Nc2ncccn2)cc1. The van der Waals surface area contributed by atoms with Gasteiger partial charge in [-0.15, -0.1) is 0 Å². The first-order chi connectivity index (χ1) is 11.7. The second kappa shape index (κ2) is 9.06. The standard InChI is InChI=1S/C18H19N5O/c1-2-3-5-14-6-8-16(9-7-14)23-17(24)15(12-19)13-22-18-20-10-4-11-21-18/h4,6-11,13H,2-3,5H2,1H3,(H,23,24)(H,20,21,22)/b15-13-. The highest BCUT2D eigenvalue weighted by molar-refractivity contribution is 6.06. The van der Waals surface area contributed by atoms with E-state index in [-0.39, 0.29) is 5.57 Å². The van der Waals surface area contributed by atoms with Gasteiger partial charge in [-0.1, -0.05) is 25.5 Å². The third kappa shape index (κ3) is 5.21. The second-order valence-electron chi connectivity index (χ2n) is 5.14. The van der Waals surface area contributed by atoms with Gasteiger partial charge in [0.2, 0.25) is 5.95 Å². The van der Waals surface area contributed by atoms with Crippen molar-refractivity contribution in [3.63, 3.8) is 0 Å². The summed E-state index contributed by atoms with van der Waals surface area (Å²) in [6, 6.07) is 11.2. The highest BCUT2D eigenvalue weighted by atomic mass is 16.1. The van der Waals surface area contributed by atoms with Crippen LogP contribution in [-0.4, -0.2) is 15.9 Å². The highest BCUT2D eigenvalue weighted by Crippen LogP contribution is 2.13. The highest BCUT2D eigenvalue weighted by Gasteiger charge is 2.09. The Kier molecular flexibility index (Phi) is 6.47. The molecule has 6 nitrogen and oxygen atoms in total. The smallest absolute Gasteiger partial charge is 0.267 e. The lowest BCUT2D eigenvalue weighted by atomic mass is 10.1. The van der Waals surface area contributed by atoms with Gasteiger partial charge in [0.1, 0.15) is 11.6 Å². The molecular formula is C18H19N5O. The molecule has 122 valence electrons. The number of aryl methyl sites for hydroxylation is 1. The van der Waals surface area contributed by atoms with Gasteiger partial charge < -0.3 is 10.6 Å². The predicted molar refractivity (Wildman–Crippen MR) is 93.0 cm³/mol. The van der Waals surface area contributed by atoms with Crippen molar-refractivity contribution in [1.29, 1.82) is 5.26 Å². The lowest BCUT2D eigenvalue weighted by molar-refractivity contribution is -0.112. The molecule has 1 aromatic heterocycles. The number of anilines is 2. The van der Waals surface area contributed by atoms with Gasteiger partial charge in [0.25, 0.3) is 5.91 Å². The molecule has 0 atom stereocenters. The quantitative estimate of drug-likeness (QED) is 0.603. The predicted octanol–water partition coefficient (Wildman–Crippen LogP) is 3.28. The van der Waals surface area contributed by atoms with Gasteiger partial charge in [0, 0.05) is 24.3 Å². The molecule has 0 fully saturated rings. The zero-order valence-electron chi connectivity index (χ0n) is 13.5. The molecule has 0 radical (unpaired) electrons. The summed E-state index contributed by atoms with van der Waals surface area (Å²) in [5.74, 6) is -0.166. The van der Waals surface area contributed by atoms with Crippen LogP contribution in [0.4, 0.5) is 11.6 Å². The van der Waals surface area contributed by atoms with E-state index in [0.29, 0.717) is 11.6 Å². The lowest BCUT2D eigenvalue weighted by Gasteiger charge is -2.06. The van der Waals surface area contributed by atoms with Crippen LogP contribution in [0.5, 0.6) is 0 Å². The van der Waals surface area contributed by atoms with Crippen molar-refractivity contribution in [2.45, 2.75) is 26.2 Å². The van der Waals surface area contributed by atoms with Crippen molar-refractivity contribution in [2.24, 2.45) is 0 Å². The Hall–Kier alpha value is -3.20. The van der Waals surface area contributed by atoms with Crippen molar-refractivity contribution in [3.05, 3.63) is 60.1 Å². The van der Waals surface area contributed by atoms with Crippen LogP contribution in [-0.2, 0) is 11.2 Å². The summed E-state index contributed by atoms with van der Waals surface area (Å²) in [5, 5.41) is 14.6. The number of hydrogen-bond acceptors (Lipinski definition) is 5. The monoisotopic (exact) mass is 321 g/mol. The number of amides is 1. The summed E-state index contributed by atoms with van der Waals surface area (Å²) in [4.78, 5) is 20.0. The Morgan fingerprint density at radius 3 is 2.58 bits per heavy atom. The first kappa shape index (κ1) is 17.2. The minimum Gasteiger partial charge on any atom is -0.329 e. The van der Waals surface area contributed by atoms with Gasteiger partial charge in [0.05, 0.1) is 0 Å². The van der Waals surface area contributed by atoms with Crippen LogP contribution in [0.3, 0.4) is 0 Å². The Morgan fingerprint density at radius 2 is 1.96 bits per heavy atom. The molecule has 24 heavy (non-hydrogen) atoms. The van der Waals surface area contributed by atoms with E-state index in [2.05, 4.69) is 27.5 Å². The van der Waals surface area contributed by atoms with Crippen molar-refractivity contribution in [1.82, 2.24) is 9.97 Å². The van der Waals surface area contributed by atoms with Crippen LogP contribution in [0.15, 0.2) is 54.5 Å². The van der Waals surface area contributed by atoms with Crippen molar-refractivity contribution >= 4 is 17.5 Å². The van der Waals surface area contributed by atoms with E-state index in [1.807, 2.05) is 30.3 Å². The zero-order valence-corrected chi connectivity index (χ0v) is 13.5. The summed E-state index contributed by atoms with van der Waals surface area (Å²) in [7, 11) is 0. The Balaban J connectivity index is 1.97. The number of unbranched alkanes of at least 4 members (excludes halogenated alkanes) is 1. The van der Waals surface area contributed by atoms with Crippen LogP contribution >= 0.6 is 0 Å². The minimum atomic E-state index is -0.484. The van der Waals surface area contributed by atoms with Gasteiger partial charge in [-0.05, 0) is 36.6 Å². The molecule has 0 aliphatic heterocycles. The average Bonchev–Trinajstić information content (AvgIpc) is 2.62. The molecule has 2 rings (SSSR count). The number of rotatable bonds is 7. The van der Waals surface area contributed by atoms with Crippen LogP contribution < -0.4 is 10.6 Å². The van der Waals surface area contributed by atoms with Crippen molar-refractivity contribution in [3.8, 4) is 6.07 Å². The molecule has 1 heterocycles. The third-order valence-electron chi connectivity index (χ3n) is 3.31. The van der Waals surface area contributed by atoms with Gasteiger partial charge in [-0.3, -0.25) is 4.79 Å². The molecule has 0 saturated carbocycles. The Bertz CT molecular complexity index is 732. The van der Waals surface area contributed by atoms with Crippen LogP contribution in [0.25, 0.3) is 0 Å². The third-order valence-corrected chi connectivity index (χ3v) is 3.31. The second-order valence-corrected chi connectivity index (χ2v) is 5.14. The maximum atomic E-state index is 12.1. The number of carbonyl (C=O) groups is 1. The molecule has 1 amide bonds. The van der Waals surface area contributed by atoms with Crippen molar-refractivity contribution in [2.75, 3.05) is 10.6 Å². The van der Waals surface area contributed by atoms with Gasteiger partial charge in [-0.25, -0.2) is 9.97 Å². The summed E-state index contributed by atoms with van der Waals surface area (Å²) < 4.78 is 0. The van der Waals surface area contributed by atoms with E-state index < -0.39 is 5.91 Å². The molecular weight excluding hydrogens is 302 g/mol. The van der Waals surface area contributed by atoms with E-state index >= 15 is 0 Å². The van der Waals surface area contributed by atoms with E-state index in [1.165, 1.54) is 11.8 Å². The van der Waals surface area contributed by atoms with Gasteiger partial charge in [0.15, 0.2) is 0 Å². The van der Waals surface area contributed by atoms with Crippen LogP contribution in [0, 0.1) is 11.3 Å². The fraction of sp³-hybridized carbons (Fsp3) is 0.222. The zero-order chi connectivity index (χ0) is 17.2. The molecule has 0 bridgehead atoms. The molecule has 0 spiro atoms. The molecule has 1 aromatic carbocycles. The molecule has 2 aromatic rings. The number of hydrogen-bond donors (Lipinski definition) is 2. The number of aromatic nitrogens is 2. The maximum Gasteiger partial charge on any atom is 0.267 e. The Labute approximate surface area is 141 Å². The molecule has 0 saturated heterocycles. The number of benzene rings is 1. The summed E-state index contributed by atoms with van der Waals surface area (Å²) in [5.41, 5.74) is 1.82. The minimum absolute atomic E-state index is 0.0579. The average molecular weight is 321 g/mol. The van der Waals surface area contributed by atoms with Gasteiger partial charge in [-0.2, -0.15) is 5.26 Å². The van der Waals surface area contributed by atoms with Crippen LogP contribution in [0.1, 0.15) is 25.3 Å². The first-order valence-corrected chi connectivity index (χ1v) is 7.77. The largest absolute Gasteiger partial charge is 0.329 e. The number of nitriles is 1. The van der Waals surface area contributed by atoms with E-state index in [1.54, 1.807) is 18.5 Å². The molecule has 0 unspecified atom stereocenters. The summed E-state index contributed by atoms with van der Waals surface area (Å²) in [6.07, 6.45) is 7.73. The summed E-state index contributed by atoms with van der Waals surface area (Å²) >= 11 is 0. The molecule has 0 aliphatic carbocycles. The normalized spacial score (nSPS) is 10.8. The van der Waals surface area contributed by atoms with E-state index in [0.717, 1.165) is 19.3 Å². The van der Waals surface area contributed by atoms with Gasteiger partial charge >= 0.3 is 0 Å². The molecule has 6 heteroatoms.